The maximum absolute atomic E-state index is 11.8. The van der Waals surface area contributed by atoms with Gasteiger partial charge in [0.05, 0.1) is 0 Å². The van der Waals surface area contributed by atoms with Crippen molar-refractivity contribution in [2.24, 2.45) is 5.92 Å². The van der Waals surface area contributed by atoms with Crippen LogP contribution in [0.25, 0.3) is 0 Å². The van der Waals surface area contributed by atoms with Crippen molar-refractivity contribution in [2.45, 2.75) is 40.0 Å². The summed E-state index contributed by atoms with van der Waals surface area (Å²) >= 11 is 0. The molecule has 0 aromatic carbocycles. The van der Waals surface area contributed by atoms with Gasteiger partial charge in [-0.05, 0) is 18.8 Å². The molecule has 0 spiro atoms. The maximum Gasteiger partial charge on any atom is 0.317 e. The van der Waals surface area contributed by atoms with E-state index < -0.39 is 16.1 Å². The van der Waals surface area contributed by atoms with Crippen molar-refractivity contribution < 1.29 is 13.2 Å². The number of hydrogen-bond acceptors (Lipinski definition) is 4. The fourth-order valence-electron chi connectivity index (χ4n) is 1.77. The van der Waals surface area contributed by atoms with Gasteiger partial charge < -0.3 is 0 Å². The standard InChI is InChI=1S/C11H23N3O3S/c1-4-5-7-13(8-6-10(2)3)14-9-11(15)12-18(14,16)17/h10H,4-9H2,1-3H3,(H,12,15). The van der Waals surface area contributed by atoms with Crippen LogP contribution in [0.5, 0.6) is 0 Å². The lowest BCUT2D eigenvalue weighted by Gasteiger charge is -2.29. The minimum Gasteiger partial charge on any atom is -0.272 e. The summed E-state index contributed by atoms with van der Waals surface area (Å²) in [5.74, 6) is 0.0455. The van der Waals surface area contributed by atoms with Gasteiger partial charge in [0.2, 0.25) is 0 Å². The molecule has 18 heavy (non-hydrogen) atoms. The molecule has 1 fully saturated rings. The Morgan fingerprint density at radius 1 is 1.39 bits per heavy atom. The Labute approximate surface area is 109 Å². The first-order valence-electron chi connectivity index (χ1n) is 6.45. The third-order valence-corrected chi connectivity index (χ3v) is 4.25. The first-order valence-corrected chi connectivity index (χ1v) is 7.89. The number of carbonyl (C=O) groups excluding carboxylic acids is 1. The van der Waals surface area contributed by atoms with Gasteiger partial charge in [0.1, 0.15) is 6.54 Å². The number of hydrogen-bond donors (Lipinski definition) is 1. The zero-order chi connectivity index (χ0) is 13.8. The van der Waals surface area contributed by atoms with E-state index in [1.54, 1.807) is 5.01 Å². The quantitative estimate of drug-likeness (QED) is 0.744. The topological polar surface area (TPSA) is 69.7 Å². The third kappa shape index (κ3) is 4.22. The van der Waals surface area contributed by atoms with E-state index in [0.717, 1.165) is 19.3 Å². The molecule has 1 heterocycles. The molecular formula is C11H23N3O3S. The number of hydrazine groups is 1. The molecule has 1 N–H and O–H groups in total. The van der Waals surface area contributed by atoms with Gasteiger partial charge in [0.15, 0.2) is 0 Å². The molecule has 0 saturated carbocycles. The van der Waals surface area contributed by atoms with Crippen molar-refractivity contribution in [1.82, 2.24) is 14.1 Å². The molecule has 6 nitrogen and oxygen atoms in total. The highest BCUT2D eigenvalue weighted by Gasteiger charge is 2.37. The minimum atomic E-state index is -3.65. The molecule has 1 rings (SSSR count). The molecule has 1 aliphatic heterocycles. The van der Waals surface area contributed by atoms with E-state index in [9.17, 15) is 13.2 Å². The summed E-state index contributed by atoms with van der Waals surface area (Å²) in [5, 5.41) is 1.77. The summed E-state index contributed by atoms with van der Waals surface area (Å²) in [6.45, 7) is 7.48. The zero-order valence-corrected chi connectivity index (χ0v) is 12.2. The minimum absolute atomic E-state index is 0.0931. The van der Waals surface area contributed by atoms with E-state index in [2.05, 4.69) is 20.8 Å². The Morgan fingerprint density at radius 2 is 2.06 bits per heavy atom. The van der Waals surface area contributed by atoms with Crippen molar-refractivity contribution in [3.8, 4) is 0 Å². The van der Waals surface area contributed by atoms with E-state index in [1.807, 2.05) is 4.72 Å². The summed E-state index contributed by atoms with van der Waals surface area (Å²) in [7, 11) is -3.65. The second kappa shape index (κ2) is 6.49. The molecule has 1 amide bonds. The zero-order valence-electron chi connectivity index (χ0n) is 11.3. The van der Waals surface area contributed by atoms with Crippen LogP contribution in [0, 0.1) is 5.92 Å². The predicted octanol–water partition coefficient (Wildman–Crippen LogP) is 0.726. The molecule has 1 aliphatic rings. The van der Waals surface area contributed by atoms with Crippen LogP contribution in [0.3, 0.4) is 0 Å². The molecule has 0 bridgehead atoms. The van der Waals surface area contributed by atoms with Gasteiger partial charge in [-0.15, -0.1) is 4.41 Å². The van der Waals surface area contributed by atoms with E-state index in [1.165, 1.54) is 4.41 Å². The fraction of sp³-hybridized carbons (Fsp3) is 0.909. The summed E-state index contributed by atoms with van der Waals surface area (Å²) < 4.78 is 26.7. The molecule has 0 aromatic rings. The first-order chi connectivity index (χ1) is 8.36. The smallest absolute Gasteiger partial charge is 0.272 e. The second-order valence-electron chi connectivity index (χ2n) is 5.00. The number of carbonyl (C=O) groups is 1. The average molecular weight is 277 g/mol. The predicted molar refractivity (Wildman–Crippen MR) is 69.7 cm³/mol. The molecular weight excluding hydrogens is 254 g/mol. The Bertz CT molecular complexity index is 381. The van der Waals surface area contributed by atoms with E-state index in [4.69, 9.17) is 0 Å². The van der Waals surface area contributed by atoms with Crippen molar-refractivity contribution in [2.75, 3.05) is 19.6 Å². The van der Waals surface area contributed by atoms with Crippen LogP contribution in [0.15, 0.2) is 0 Å². The lowest BCUT2D eigenvalue weighted by Crippen LogP contribution is -2.46. The molecule has 1 saturated heterocycles. The highest BCUT2D eigenvalue weighted by Crippen LogP contribution is 2.13. The molecule has 0 aliphatic carbocycles. The number of nitrogens with one attached hydrogen (secondary N) is 1. The van der Waals surface area contributed by atoms with Gasteiger partial charge in [-0.2, -0.15) is 8.42 Å². The van der Waals surface area contributed by atoms with E-state index in [-0.39, 0.29) is 6.54 Å². The van der Waals surface area contributed by atoms with Gasteiger partial charge in [0, 0.05) is 13.1 Å². The summed E-state index contributed by atoms with van der Waals surface area (Å²) in [5.41, 5.74) is 0. The number of nitrogens with zero attached hydrogens (tertiary/aromatic N) is 2. The largest absolute Gasteiger partial charge is 0.317 e. The van der Waals surface area contributed by atoms with Crippen molar-refractivity contribution in [1.29, 1.82) is 0 Å². The molecule has 106 valence electrons. The van der Waals surface area contributed by atoms with E-state index >= 15 is 0 Å². The van der Waals surface area contributed by atoms with Gasteiger partial charge in [-0.25, -0.2) is 9.73 Å². The van der Waals surface area contributed by atoms with Gasteiger partial charge in [-0.3, -0.25) is 4.79 Å². The second-order valence-corrected chi connectivity index (χ2v) is 6.58. The number of unbranched alkanes of at least 4 members (excludes halogenated alkanes) is 1. The fourth-order valence-corrected chi connectivity index (χ4v) is 2.98. The molecule has 0 atom stereocenters. The lowest BCUT2D eigenvalue weighted by molar-refractivity contribution is -0.120. The van der Waals surface area contributed by atoms with Gasteiger partial charge in [0.25, 0.3) is 5.91 Å². The van der Waals surface area contributed by atoms with Gasteiger partial charge in [-0.1, -0.05) is 27.2 Å². The van der Waals surface area contributed by atoms with Crippen LogP contribution in [-0.2, 0) is 15.0 Å². The monoisotopic (exact) mass is 277 g/mol. The van der Waals surface area contributed by atoms with Crippen molar-refractivity contribution >= 4 is 16.1 Å². The Kier molecular flexibility index (Phi) is 5.55. The van der Waals surface area contributed by atoms with Crippen molar-refractivity contribution in [3.63, 3.8) is 0 Å². The van der Waals surface area contributed by atoms with Crippen LogP contribution in [0.4, 0.5) is 0 Å². The Morgan fingerprint density at radius 3 is 2.50 bits per heavy atom. The average Bonchev–Trinajstić information content (AvgIpc) is 2.52. The molecule has 7 heteroatoms. The third-order valence-electron chi connectivity index (χ3n) is 2.85. The Hall–Kier alpha value is -0.660. The number of amides is 1. The highest BCUT2D eigenvalue weighted by molar-refractivity contribution is 7.88. The van der Waals surface area contributed by atoms with Crippen molar-refractivity contribution in [3.05, 3.63) is 0 Å². The lowest BCUT2D eigenvalue weighted by atomic mass is 10.1. The highest BCUT2D eigenvalue weighted by atomic mass is 32.2. The molecule has 0 aromatic heterocycles. The summed E-state index contributed by atoms with van der Waals surface area (Å²) in [6.07, 6.45) is 2.82. The van der Waals surface area contributed by atoms with E-state index in [0.29, 0.717) is 19.0 Å². The van der Waals surface area contributed by atoms with Crippen LogP contribution in [0.1, 0.15) is 40.0 Å². The normalized spacial score (nSPS) is 19.7. The van der Waals surface area contributed by atoms with Crippen LogP contribution in [-0.4, -0.2) is 43.4 Å². The first kappa shape index (κ1) is 15.4. The molecule has 0 unspecified atom stereocenters. The van der Waals surface area contributed by atoms with Crippen LogP contribution >= 0.6 is 0 Å². The number of rotatable bonds is 7. The van der Waals surface area contributed by atoms with Gasteiger partial charge >= 0.3 is 10.2 Å². The summed E-state index contributed by atoms with van der Waals surface area (Å²) in [6, 6.07) is 0. The Balaban J connectivity index is 2.72. The maximum atomic E-state index is 11.8. The summed E-state index contributed by atoms with van der Waals surface area (Å²) in [4.78, 5) is 11.2. The molecule has 0 radical (unpaired) electrons. The SMILES string of the molecule is CCCCN(CCC(C)C)N1CC(=O)NS1(=O)=O. The van der Waals surface area contributed by atoms with Crippen LogP contribution < -0.4 is 4.72 Å². The van der Waals surface area contributed by atoms with Crippen LogP contribution in [0.2, 0.25) is 0 Å².